The number of amides is 1. The second-order valence-electron chi connectivity index (χ2n) is 5.33. The predicted molar refractivity (Wildman–Crippen MR) is 65.7 cm³/mol. The third kappa shape index (κ3) is 2.61. The van der Waals surface area contributed by atoms with Gasteiger partial charge in [-0.3, -0.25) is 4.79 Å². The van der Waals surface area contributed by atoms with Crippen LogP contribution in [0, 0.1) is 12.3 Å². The van der Waals surface area contributed by atoms with E-state index < -0.39 is 0 Å². The van der Waals surface area contributed by atoms with Crippen LogP contribution >= 0.6 is 11.3 Å². The Morgan fingerprint density at radius 2 is 2.38 bits per heavy atom. The van der Waals surface area contributed by atoms with E-state index in [1.54, 1.807) is 0 Å². The Labute approximate surface area is 100 Å². The lowest BCUT2D eigenvalue weighted by atomic mass is 9.92. The molecule has 1 unspecified atom stereocenters. The van der Waals surface area contributed by atoms with Crippen LogP contribution in [0.3, 0.4) is 0 Å². The van der Waals surface area contributed by atoms with Crippen LogP contribution in [0.4, 0.5) is 0 Å². The van der Waals surface area contributed by atoms with Gasteiger partial charge in [0.15, 0.2) is 0 Å². The van der Waals surface area contributed by atoms with Crippen LogP contribution in [0.25, 0.3) is 0 Å². The molecule has 1 aromatic rings. The van der Waals surface area contributed by atoms with Crippen LogP contribution in [0.5, 0.6) is 0 Å². The first-order valence-corrected chi connectivity index (χ1v) is 6.57. The van der Waals surface area contributed by atoms with Crippen molar-refractivity contribution < 1.29 is 4.79 Å². The number of nitrogens with zero attached hydrogens (tertiary/aromatic N) is 1. The molecule has 0 aliphatic heterocycles. The summed E-state index contributed by atoms with van der Waals surface area (Å²) in [6, 6.07) is 0.324. The summed E-state index contributed by atoms with van der Waals surface area (Å²) in [7, 11) is 0. The van der Waals surface area contributed by atoms with E-state index in [4.69, 9.17) is 0 Å². The molecule has 1 amide bonds. The fourth-order valence-electron chi connectivity index (χ4n) is 2.29. The molecule has 0 radical (unpaired) electrons. The third-order valence-corrected chi connectivity index (χ3v) is 3.93. The standard InChI is InChI=1S/C12H18N2OS/c1-8-13-10(7-16-8)11(15)14-9-4-5-12(2,3)6-9/h7,9H,4-6H2,1-3H3,(H,14,15). The topological polar surface area (TPSA) is 42.0 Å². The van der Waals surface area contributed by atoms with E-state index in [0.29, 0.717) is 17.2 Å². The number of hydrogen-bond donors (Lipinski definition) is 1. The van der Waals surface area contributed by atoms with Crippen LogP contribution in [0.1, 0.15) is 48.6 Å². The maximum atomic E-state index is 11.9. The molecule has 1 N–H and O–H groups in total. The lowest BCUT2D eigenvalue weighted by Gasteiger charge is -2.17. The largest absolute Gasteiger partial charge is 0.348 e. The number of rotatable bonds is 2. The Balaban J connectivity index is 1.94. The lowest BCUT2D eigenvalue weighted by Crippen LogP contribution is -2.33. The molecule has 16 heavy (non-hydrogen) atoms. The van der Waals surface area contributed by atoms with Crippen LogP contribution in [0.2, 0.25) is 0 Å². The van der Waals surface area contributed by atoms with Gasteiger partial charge in [0.1, 0.15) is 5.69 Å². The summed E-state index contributed by atoms with van der Waals surface area (Å²) in [5, 5.41) is 5.84. The maximum absolute atomic E-state index is 11.9. The van der Waals surface area contributed by atoms with Gasteiger partial charge in [-0.1, -0.05) is 13.8 Å². The average Bonchev–Trinajstić information content (AvgIpc) is 2.73. The molecule has 0 spiro atoms. The quantitative estimate of drug-likeness (QED) is 0.860. The van der Waals surface area contributed by atoms with Gasteiger partial charge >= 0.3 is 0 Å². The molecule has 88 valence electrons. The van der Waals surface area contributed by atoms with Gasteiger partial charge in [0.05, 0.1) is 5.01 Å². The van der Waals surface area contributed by atoms with Crippen molar-refractivity contribution in [3.8, 4) is 0 Å². The third-order valence-electron chi connectivity index (χ3n) is 3.16. The van der Waals surface area contributed by atoms with Gasteiger partial charge in [-0.15, -0.1) is 11.3 Å². The summed E-state index contributed by atoms with van der Waals surface area (Å²) in [5.41, 5.74) is 0.933. The van der Waals surface area contributed by atoms with Gasteiger partial charge in [-0.2, -0.15) is 0 Å². The summed E-state index contributed by atoms with van der Waals surface area (Å²) in [4.78, 5) is 16.1. The summed E-state index contributed by atoms with van der Waals surface area (Å²) in [6.07, 6.45) is 3.34. The Hall–Kier alpha value is -0.900. The van der Waals surface area contributed by atoms with Crippen molar-refractivity contribution in [2.75, 3.05) is 0 Å². The zero-order valence-corrected chi connectivity index (χ0v) is 10.9. The summed E-state index contributed by atoms with van der Waals surface area (Å²) in [5.74, 6) is -0.0212. The molecule has 3 nitrogen and oxygen atoms in total. The maximum Gasteiger partial charge on any atom is 0.270 e. The van der Waals surface area contributed by atoms with Gasteiger partial charge < -0.3 is 5.32 Å². The number of carbonyl (C=O) groups is 1. The van der Waals surface area contributed by atoms with E-state index >= 15 is 0 Å². The molecule has 1 atom stereocenters. The highest BCUT2D eigenvalue weighted by Gasteiger charge is 2.31. The van der Waals surface area contributed by atoms with Gasteiger partial charge in [-0.05, 0) is 31.6 Å². The normalized spacial score (nSPS) is 23.3. The van der Waals surface area contributed by atoms with E-state index in [-0.39, 0.29) is 5.91 Å². The number of aromatic nitrogens is 1. The van der Waals surface area contributed by atoms with E-state index in [0.717, 1.165) is 17.8 Å². The van der Waals surface area contributed by atoms with Crippen LogP contribution < -0.4 is 5.32 Å². The fraction of sp³-hybridized carbons (Fsp3) is 0.667. The lowest BCUT2D eigenvalue weighted by molar-refractivity contribution is 0.0931. The van der Waals surface area contributed by atoms with Crippen molar-refractivity contribution in [2.45, 2.75) is 46.1 Å². The molecule has 1 aliphatic carbocycles. The molecule has 1 heterocycles. The molecule has 0 aromatic carbocycles. The molecular weight excluding hydrogens is 220 g/mol. The minimum atomic E-state index is -0.0212. The van der Waals surface area contributed by atoms with Gasteiger partial charge in [0.2, 0.25) is 0 Å². The smallest absolute Gasteiger partial charge is 0.270 e. The van der Waals surface area contributed by atoms with E-state index in [1.165, 1.54) is 17.8 Å². The second-order valence-corrected chi connectivity index (χ2v) is 6.39. The monoisotopic (exact) mass is 238 g/mol. The Bertz CT molecular complexity index is 397. The molecule has 1 aromatic heterocycles. The highest BCUT2D eigenvalue weighted by molar-refractivity contribution is 7.09. The Morgan fingerprint density at radius 3 is 2.88 bits per heavy atom. The number of aryl methyl sites for hydroxylation is 1. The van der Waals surface area contributed by atoms with Crippen molar-refractivity contribution in [2.24, 2.45) is 5.41 Å². The van der Waals surface area contributed by atoms with Crippen molar-refractivity contribution in [1.29, 1.82) is 0 Å². The first-order valence-electron chi connectivity index (χ1n) is 5.69. The number of nitrogens with one attached hydrogen (secondary N) is 1. The molecule has 1 fully saturated rings. The fourth-order valence-corrected chi connectivity index (χ4v) is 2.88. The van der Waals surface area contributed by atoms with Gasteiger partial charge in [0.25, 0.3) is 5.91 Å². The summed E-state index contributed by atoms with van der Waals surface area (Å²) >= 11 is 1.52. The Morgan fingerprint density at radius 1 is 1.62 bits per heavy atom. The first kappa shape index (κ1) is 11.6. The number of thiazole rings is 1. The Kier molecular flexibility index (Phi) is 3.02. The van der Waals surface area contributed by atoms with E-state index in [1.807, 2.05) is 12.3 Å². The van der Waals surface area contributed by atoms with Crippen molar-refractivity contribution >= 4 is 17.2 Å². The predicted octanol–water partition coefficient (Wildman–Crippen LogP) is 2.76. The molecule has 1 aliphatic rings. The van der Waals surface area contributed by atoms with Gasteiger partial charge in [0, 0.05) is 11.4 Å². The highest BCUT2D eigenvalue weighted by atomic mass is 32.1. The molecule has 0 bridgehead atoms. The SMILES string of the molecule is Cc1nc(C(=O)NC2CCC(C)(C)C2)cs1. The number of carbonyl (C=O) groups excluding carboxylic acids is 1. The van der Waals surface area contributed by atoms with Crippen LogP contribution in [-0.2, 0) is 0 Å². The van der Waals surface area contributed by atoms with Crippen LogP contribution in [0.15, 0.2) is 5.38 Å². The molecular formula is C12H18N2OS. The van der Waals surface area contributed by atoms with Crippen molar-refractivity contribution in [3.63, 3.8) is 0 Å². The first-order chi connectivity index (χ1) is 7.46. The molecule has 4 heteroatoms. The molecule has 2 rings (SSSR count). The summed E-state index contributed by atoms with van der Waals surface area (Å²) in [6.45, 7) is 6.43. The van der Waals surface area contributed by atoms with Crippen molar-refractivity contribution in [1.82, 2.24) is 10.3 Å². The summed E-state index contributed by atoms with van der Waals surface area (Å²) < 4.78 is 0. The zero-order valence-electron chi connectivity index (χ0n) is 10.0. The second kappa shape index (κ2) is 4.17. The average molecular weight is 238 g/mol. The molecule has 1 saturated carbocycles. The van der Waals surface area contributed by atoms with Crippen LogP contribution in [-0.4, -0.2) is 16.9 Å². The molecule has 0 saturated heterocycles. The van der Waals surface area contributed by atoms with Gasteiger partial charge in [-0.25, -0.2) is 4.98 Å². The highest BCUT2D eigenvalue weighted by Crippen LogP contribution is 2.36. The minimum Gasteiger partial charge on any atom is -0.348 e. The van der Waals surface area contributed by atoms with E-state index in [9.17, 15) is 4.79 Å². The minimum absolute atomic E-state index is 0.0212. The number of hydrogen-bond acceptors (Lipinski definition) is 3. The zero-order chi connectivity index (χ0) is 11.8. The van der Waals surface area contributed by atoms with Crippen molar-refractivity contribution in [3.05, 3.63) is 16.1 Å². The van der Waals surface area contributed by atoms with E-state index in [2.05, 4.69) is 24.1 Å².